The van der Waals surface area contributed by atoms with Gasteiger partial charge in [-0.15, -0.1) is 10.2 Å². The number of tetrazole rings is 1. The Morgan fingerprint density at radius 2 is 1.83 bits per heavy atom. The summed E-state index contributed by atoms with van der Waals surface area (Å²) in [4.78, 5) is 15.8. The third-order valence-corrected chi connectivity index (χ3v) is 4.89. The molecule has 0 bridgehead atoms. The van der Waals surface area contributed by atoms with Gasteiger partial charge in [0, 0.05) is 30.9 Å². The lowest BCUT2D eigenvalue weighted by molar-refractivity contribution is -0.122. The van der Waals surface area contributed by atoms with Gasteiger partial charge < -0.3 is 19.7 Å². The van der Waals surface area contributed by atoms with Gasteiger partial charge in [0.1, 0.15) is 12.3 Å². The van der Waals surface area contributed by atoms with E-state index >= 15 is 0 Å². The maximum atomic E-state index is 12.2. The Morgan fingerprint density at radius 1 is 1.10 bits per heavy atom. The van der Waals surface area contributed by atoms with Crippen molar-refractivity contribution in [2.45, 2.75) is 13.1 Å². The highest BCUT2D eigenvalue weighted by Crippen LogP contribution is 2.21. The molecule has 0 unspecified atom stereocenters. The quantitative estimate of drug-likeness (QED) is 0.633. The van der Waals surface area contributed by atoms with E-state index in [1.807, 2.05) is 48.5 Å². The number of hydrogen-bond acceptors (Lipinski definition) is 7. The predicted molar refractivity (Wildman–Crippen MR) is 111 cm³/mol. The summed E-state index contributed by atoms with van der Waals surface area (Å²) < 4.78 is 10.5. The van der Waals surface area contributed by atoms with Crippen LogP contribution in [0.15, 0.2) is 48.5 Å². The average Bonchev–Trinajstić information content (AvgIpc) is 3.27. The van der Waals surface area contributed by atoms with Gasteiger partial charge in [-0.1, -0.05) is 12.1 Å². The number of rotatable bonds is 7. The zero-order chi connectivity index (χ0) is 20.8. The van der Waals surface area contributed by atoms with Crippen LogP contribution in [0.1, 0.15) is 5.56 Å². The first-order valence-corrected chi connectivity index (χ1v) is 9.82. The van der Waals surface area contributed by atoms with Crippen molar-refractivity contribution in [3.8, 4) is 17.1 Å². The number of aromatic nitrogens is 4. The molecule has 1 N–H and O–H groups in total. The first kappa shape index (κ1) is 19.8. The molecule has 3 aromatic rings. The molecule has 0 spiro atoms. The number of benzene rings is 2. The molecule has 156 valence electrons. The van der Waals surface area contributed by atoms with E-state index in [2.05, 4.69) is 25.6 Å². The molecule has 1 amide bonds. The van der Waals surface area contributed by atoms with Gasteiger partial charge in [-0.3, -0.25) is 4.79 Å². The molecule has 0 saturated carbocycles. The van der Waals surface area contributed by atoms with Crippen LogP contribution in [-0.4, -0.2) is 59.5 Å². The molecule has 9 heteroatoms. The van der Waals surface area contributed by atoms with Gasteiger partial charge in [0.25, 0.3) is 0 Å². The Balaban J connectivity index is 1.31. The van der Waals surface area contributed by atoms with Crippen molar-refractivity contribution in [1.82, 2.24) is 25.5 Å². The fourth-order valence-corrected chi connectivity index (χ4v) is 3.20. The largest absolute Gasteiger partial charge is 0.497 e. The molecule has 1 fully saturated rings. The highest BCUT2D eigenvalue weighted by Gasteiger charge is 2.13. The Bertz CT molecular complexity index is 965. The molecule has 0 radical (unpaired) electrons. The van der Waals surface area contributed by atoms with Crippen LogP contribution in [0.4, 0.5) is 5.69 Å². The first-order valence-electron chi connectivity index (χ1n) is 9.82. The third kappa shape index (κ3) is 4.93. The second-order valence-electron chi connectivity index (χ2n) is 6.91. The zero-order valence-corrected chi connectivity index (χ0v) is 16.8. The number of nitrogens with one attached hydrogen (secondary N) is 1. The summed E-state index contributed by atoms with van der Waals surface area (Å²) in [5, 5.41) is 15.2. The Morgan fingerprint density at radius 3 is 2.53 bits per heavy atom. The van der Waals surface area contributed by atoms with Gasteiger partial charge in [0.15, 0.2) is 0 Å². The van der Waals surface area contributed by atoms with Crippen LogP contribution in [0.2, 0.25) is 0 Å². The monoisotopic (exact) mass is 408 g/mol. The summed E-state index contributed by atoms with van der Waals surface area (Å²) in [6, 6.07) is 15.6. The van der Waals surface area contributed by atoms with Crippen molar-refractivity contribution in [3.63, 3.8) is 0 Å². The summed E-state index contributed by atoms with van der Waals surface area (Å²) in [6.45, 7) is 3.71. The zero-order valence-electron chi connectivity index (χ0n) is 16.8. The Labute approximate surface area is 174 Å². The topological polar surface area (TPSA) is 94.4 Å². The fourth-order valence-electron chi connectivity index (χ4n) is 3.20. The van der Waals surface area contributed by atoms with E-state index in [4.69, 9.17) is 9.47 Å². The van der Waals surface area contributed by atoms with Gasteiger partial charge in [-0.2, -0.15) is 4.80 Å². The summed E-state index contributed by atoms with van der Waals surface area (Å²) in [7, 11) is 1.62. The van der Waals surface area contributed by atoms with Crippen molar-refractivity contribution in [2.75, 3.05) is 38.3 Å². The molecule has 4 rings (SSSR count). The molecule has 2 heterocycles. The van der Waals surface area contributed by atoms with Crippen LogP contribution in [0, 0.1) is 0 Å². The van der Waals surface area contributed by atoms with Crippen molar-refractivity contribution in [1.29, 1.82) is 0 Å². The Kier molecular flexibility index (Phi) is 6.19. The lowest BCUT2D eigenvalue weighted by atomic mass is 10.2. The highest BCUT2D eigenvalue weighted by molar-refractivity contribution is 5.75. The van der Waals surface area contributed by atoms with Crippen LogP contribution < -0.4 is 15.0 Å². The summed E-state index contributed by atoms with van der Waals surface area (Å²) in [5.41, 5.74) is 2.99. The molecular formula is C21H24N6O3. The van der Waals surface area contributed by atoms with E-state index < -0.39 is 0 Å². The minimum Gasteiger partial charge on any atom is -0.497 e. The Hall–Kier alpha value is -3.46. The number of carbonyl (C=O) groups excluding carboxylic acids is 1. The van der Waals surface area contributed by atoms with Crippen LogP contribution in [0.5, 0.6) is 5.75 Å². The number of hydrogen-bond donors (Lipinski definition) is 1. The maximum Gasteiger partial charge on any atom is 0.243 e. The first-order chi connectivity index (χ1) is 14.7. The summed E-state index contributed by atoms with van der Waals surface area (Å²) in [5.74, 6) is 1.09. The molecule has 1 aliphatic rings. The molecule has 1 saturated heterocycles. The number of anilines is 1. The number of morpholine rings is 1. The van der Waals surface area contributed by atoms with Gasteiger partial charge >= 0.3 is 0 Å². The summed E-state index contributed by atoms with van der Waals surface area (Å²) in [6.07, 6.45) is 0. The lowest BCUT2D eigenvalue weighted by Crippen LogP contribution is -2.36. The summed E-state index contributed by atoms with van der Waals surface area (Å²) >= 11 is 0. The maximum absolute atomic E-state index is 12.2. The van der Waals surface area contributed by atoms with E-state index in [1.165, 1.54) is 4.80 Å². The van der Waals surface area contributed by atoms with Crippen LogP contribution in [-0.2, 0) is 22.6 Å². The minimum absolute atomic E-state index is 0.00894. The minimum atomic E-state index is -0.183. The van der Waals surface area contributed by atoms with E-state index in [0.717, 1.165) is 48.9 Å². The SMILES string of the molecule is COc1ccc(CNC(=O)Cn2nnc(-c3ccc(N4CCOCC4)cc3)n2)cc1. The van der Waals surface area contributed by atoms with Crippen molar-refractivity contribution >= 4 is 11.6 Å². The molecule has 30 heavy (non-hydrogen) atoms. The lowest BCUT2D eigenvalue weighted by Gasteiger charge is -2.28. The van der Waals surface area contributed by atoms with Crippen molar-refractivity contribution < 1.29 is 14.3 Å². The van der Waals surface area contributed by atoms with E-state index in [0.29, 0.717) is 12.4 Å². The predicted octanol–water partition coefficient (Wildman–Crippen LogP) is 1.50. The molecule has 1 aliphatic heterocycles. The number of carbonyl (C=O) groups is 1. The van der Waals surface area contributed by atoms with E-state index in [1.54, 1.807) is 7.11 Å². The second-order valence-corrected chi connectivity index (χ2v) is 6.91. The standard InChI is InChI=1S/C21H24N6O3/c1-29-19-8-2-16(3-9-19)14-22-20(28)15-27-24-21(23-25-27)17-4-6-18(7-5-17)26-10-12-30-13-11-26/h2-9H,10-15H2,1H3,(H,22,28). The van der Waals surface area contributed by atoms with Crippen LogP contribution in [0.3, 0.4) is 0 Å². The molecule has 9 nitrogen and oxygen atoms in total. The van der Waals surface area contributed by atoms with Gasteiger partial charge in [-0.05, 0) is 47.2 Å². The highest BCUT2D eigenvalue weighted by atomic mass is 16.5. The van der Waals surface area contributed by atoms with Gasteiger partial charge in [0.05, 0.1) is 20.3 Å². The van der Waals surface area contributed by atoms with E-state index in [9.17, 15) is 4.79 Å². The molecule has 2 aromatic carbocycles. The van der Waals surface area contributed by atoms with Crippen LogP contribution in [0.25, 0.3) is 11.4 Å². The molecule has 1 aromatic heterocycles. The third-order valence-electron chi connectivity index (χ3n) is 4.89. The fraction of sp³-hybridized carbons (Fsp3) is 0.333. The number of methoxy groups -OCH3 is 1. The van der Waals surface area contributed by atoms with Crippen molar-refractivity contribution in [3.05, 3.63) is 54.1 Å². The normalized spacial score (nSPS) is 13.8. The molecule has 0 aliphatic carbocycles. The molecular weight excluding hydrogens is 384 g/mol. The second kappa shape index (κ2) is 9.36. The van der Waals surface area contributed by atoms with E-state index in [-0.39, 0.29) is 12.5 Å². The smallest absolute Gasteiger partial charge is 0.243 e. The number of ether oxygens (including phenoxy) is 2. The molecule has 0 atom stereocenters. The van der Waals surface area contributed by atoms with Crippen molar-refractivity contribution in [2.24, 2.45) is 0 Å². The van der Waals surface area contributed by atoms with Crippen LogP contribution >= 0.6 is 0 Å². The number of amides is 1. The van der Waals surface area contributed by atoms with Gasteiger partial charge in [-0.25, -0.2) is 0 Å². The number of nitrogens with zero attached hydrogens (tertiary/aromatic N) is 5. The van der Waals surface area contributed by atoms with Gasteiger partial charge in [0.2, 0.25) is 11.7 Å². The average molecular weight is 408 g/mol.